The van der Waals surface area contributed by atoms with E-state index in [1.165, 1.54) is 36.5 Å². The van der Waals surface area contributed by atoms with Gasteiger partial charge < -0.3 is 14.4 Å². The minimum Gasteiger partial charge on any atom is -0.867 e. The Morgan fingerprint density at radius 2 is 0.588 bits per heavy atom. The van der Waals surface area contributed by atoms with E-state index in [-0.39, 0.29) is 42.4 Å². The molecule has 0 unspecified atom stereocenters. The van der Waals surface area contributed by atoms with Crippen molar-refractivity contribution in [2.75, 3.05) is 0 Å². The van der Waals surface area contributed by atoms with Crippen LogP contribution in [0.4, 0.5) is 4.32 Å². The van der Waals surface area contributed by atoms with Crippen molar-refractivity contribution in [1.29, 1.82) is 0 Å². The summed E-state index contributed by atoms with van der Waals surface area (Å²) in [7, 11) is -3.17. The zero-order chi connectivity index (χ0) is 24.9. The van der Waals surface area contributed by atoms with Gasteiger partial charge >= 0.3 is 42.4 Å². The Morgan fingerprint density at radius 3 is 0.735 bits per heavy atom. The molecule has 0 heterocycles. The van der Waals surface area contributed by atoms with E-state index < -0.39 is 7.40 Å². The third kappa shape index (κ3) is 12.1. The number of rotatable bonds is 4. The van der Waals surface area contributed by atoms with Gasteiger partial charge in [-0.2, -0.15) is 0 Å². The fourth-order valence-corrected chi connectivity index (χ4v) is 6.95. The molecular weight excluding hydrogens is 652 g/mol. The Bertz CT molecular complexity index is 920. The fraction of sp³-hybridized carbons (Fsp3) is 0.143. The lowest BCUT2D eigenvalue weighted by atomic mass is 10.2. The molecule has 4 aromatic carbocycles. The molecule has 0 spiro atoms. The summed E-state index contributed by atoms with van der Waals surface area (Å²) in [5, 5.41) is 16.6. The second kappa shape index (κ2) is 15.3. The molecule has 6 heteroatoms. The van der Waals surface area contributed by atoms with Gasteiger partial charge in [-0.15, -0.1) is 0 Å². The molecule has 0 saturated heterocycles. The normalized spacial score (nSPS) is 9.85. The van der Waals surface area contributed by atoms with Crippen molar-refractivity contribution in [2.45, 2.75) is 27.7 Å². The summed E-state index contributed by atoms with van der Waals surface area (Å²) in [5.41, 5.74) is 5.36. The van der Waals surface area contributed by atoms with Gasteiger partial charge in [-0.25, -0.2) is 0 Å². The Labute approximate surface area is 224 Å². The molecular formula is C28H28BFI2O2. The zero-order valence-corrected chi connectivity index (χ0v) is 24.1. The van der Waals surface area contributed by atoms with Gasteiger partial charge in [0, 0.05) is 0 Å². The molecule has 0 aromatic heterocycles. The second-order valence-electron chi connectivity index (χ2n) is 7.65. The molecule has 34 heavy (non-hydrogen) atoms. The molecule has 0 amide bonds. The first-order valence-electron chi connectivity index (χ1n) is 10.7. The highest BCUT2D eigenvalue weighted by Crippen LogP contribution is 1.97. The highest BCUT2D eigenvalue weighted by Gasteiger charge is 2.15. The highest BCUT2D eigenvalue weighted by molar-refractivity contribution is 6.27. The predicted octanol–water partition coefficient (Wildman–Crippen LogP) is -1.47. The van der Waals surface area contributed by atoms with E-state index in [1.54, 1.807) is 0 Å². The van der Waals surface area contributed by atoms with Gasteiger partial charge in [0.15, 0.2) is 14.3 Å². The molecule has 0 aliphatic rings. The van der Waals surface area contributed by atoms with Crippen molar-refractivity contribution >= 4 is 7.40 Å². The van der Waals surface area contributed by atoms with E-state index in [9.17, 15) is 4.32 Å². The van der Waals surface area contributed by atoms with E-state index in [4.69, 9.17) is 10.0 Å². The van der Waals surface area contributed by atoms with Crippen LogP contribution in [0.15, 0.2) is 97.1 Å². The maximum atomic E-state index is 9.89. The second-order valence-corrected chi connectivity index (χ2v) is 13.7. The van der Waals surface area contributed by atoms with E-state index in [0.29, 0.717) is 0 Å². The van der Waals surface area contributed by atoms with Crippen molar-refractivity contribution in [2.24, 2.45) is 0 Å². The lowest BCUT2D eigenvalue weighted by Gasteiger charge is -2.09. The Hall–Kier alpha value is -1.75. The number of hydrogen-bond acceptors (Lipinski definition) is 2. The average molecular weight is 680 g/mol. The van der Waals surface area contributed by atoms with Crippen LogP contribution in [0.3, 0.4) is 0 Å². The number of halogens is 3. The number of hydrogen-bond donors (Lipinski definition) is 0. The Balaban J connectivity index is 0.000000208. The zero-order valence-electron chi connectivity index (χ0n) is 19.8. The van der Waals surface area contributed by atoms with Crippen molar-refractivity contribution in [3.8, 4) is 0 Å². The lowest BCUT2D eigenvalue weighted by molar-refractivity contribution is -0.597. The number of aryl methyl sites for hydroxylation is 4. The first kappa shape index (κ1) is 28.5. The summed E-state index contributed by atoms with van der Waals surface area (Å²) in [6.07, 6.45) is 0. The molecule has 0 saturated carbocycles. The van der Waals surface area contributed by atoms with Gasteiger partial charge in [0.05, 0.1) is 0 Å². The van der Waals surface area contributed by atoms with Gasteiger partial charge in [0.1, 0.15) is 7.40 Å². The van der Waals surface area contributed by atoms with Gasteiger partial charge in [0.2, 0.25) is 0 Å². The maximum Gasteiger partial charge on any atom is 0.357 e. The maximum absolute atomic E-state index is 9.89. The summed E-state index contributed by atoms with van der Waals surface area (Å²) in [5.74, 6) is 0. The van der Waals surface area contributed by atoms with Crippen LogP contribution in [0.1, 0.15) is 22.3 Å². The lowest BCUT2D eigenvalue weighted by Crippen LogP contribution is -3.61. The summed E-state index contributed by atoms with van der Waals surface area (Å²) in [6, 6.07) is 35.6. The standard InChI is InChI=1S/2C14H14I.BFO2/c2*1-11-3-7-13(8-4-11)15-14-9-5-12(2)6-10-14;2-1(3)4/h2*3-10H,1-2H3;/q2*+1;-2. The molecule has 0 atom stereocenters. The first-order chi connectivity index (χ1) is 16.2. The van der Waals surface area contributed by atoms with Crippen molar-refractivity contribution in [3.63, 3.8) is 0 Å². The van der Waals surface area contributed by atoms with Crippen LogP contribution in [0.5, 0.6) is 0 Å². The molecule has 0 aliphatic heterocycles. The largest absolute Gasteiger partial charge is 0.867 e. The third-order valence-corrected chi connectivity index (χ3v) is 9.85. The van der Waals surface area contributed by atoms with Gasteiger partial charge in [0.25, 0.3) is 0 Å². The summed E-state index contributed by atoms with van der Waals surface area (Å²) < 4.78 is 15.8. The molecule has 176 valence electrons. The van der Waals surface area contributed by atoms with Crippen molar-refractivity contribution in [3.05, 3.63) is 134 Å². The minimum atomic E-state index is -3.17. The van der Waals surface area contributed by atoms with Crippen LogP contribution in [-0.2, 0) is 0 Å². The van der Waals surface area contributed by atoms with Crippen molar-refractivity contribution in [1.82, 2.24) is 0 Å². The molecule has 0 fully saturated rings. The molecule has 0 aliphatic carbocycles. The van der Waals surface area contributed by atoms with Gasteiger partial charge in [-0.05, 0) is 76.2 Å². The fourth-order valence-electron chi connectivity index (χ4n) is 2.64. The molecule has 4 rings (SSSR count). The van der Waals surface area contributed by atoms with Gasteiger partial charge in [-0.3, -0.25) is 0 Å². The summed E-state index contributed by atoms with van der Waals surface area (Å²) in [4.78, 5) is 0. The minimum absolute atomic E-state index is 0.00313. The van der Waals surface area contributed by atoms with E-state index >= 15 is 0 Å². The van der Waals surface area contributed by atoms with Crippen LogP contribution >= 0.6 is 0 Å². The van der Waals surface area contributed by atoms with Crippen LogP contribution in [0, 0.1) is 42.0 Å². The van der Waals surface area contributed by atoms with Crippen molar-refractivity contribution < 1.29 is 56.8 Å². The number of benzene rings is 4. The first-order valence-corrected chi connectivity index (χ1v) is 15.0. The third-order valence-electron chi connectivity index (χ3n) is 4.48. The Morgan fingerprint density at radius 1 is 0.441 bits per heavy atom. The molecule has 4 aromatic rings. The topological polar surface area (TPSA) is 46.1 Å². The van der Waals surface area contributed by atoms with Gasteiger partial charge in [-0.1, -0.05) is 70.8 Å². The van der Waals surface area contributed by atoms with Crippen LogP contribution < -0.4 is 52.5 Å². The molecule has 0 radical (unpaired) electrons. The SMILES string of the molecule is Cc1ccc([I+]c2ccc(C)cc2)cc1.Cc1ccc([I+]c2ccc(C)cc2)cc1.[O-]B([O-])F. The van der Waals surface area contributed by atoms with Crippen LogP contribution in [0.25, 0.3) is 0 Å². The highest BCUT2D eigenvalue weighted by atomic mass is 127. The molecule has 0 bridgehead atoms. The average Bonchev–Trinajstić information content (AvgIpc) is 2.80. The summed E-state index contributed by atoms with van der Waals surface area (Å²) in [6.45, 7) is 8.53. The van der Waals surface area contributed by atoms with Crippen LogP contribution in [0.2, 0.25) is 0 Å². The van der Waals surface area contributed by atoms with E-state index in [1.807, 2.05) is 0 Å². The van der Waals surface area contributed by atoms with E-state index in [2.05, 4.69) is 125 Å². The summed E-state index contributed by atoms with van der Waals surface area (Å²) >= 11 is 0.00627. The van der Waals surface area contributed by atoms with E-state index in [0.717, 1.165) is 0 Å². The van der Waals surface area contributed by atoms with Crippen LogP contribution in [-0.4, -0.2) is 7.40 Å². The monoisotopic (exact) mass is 680 g/mol. The Kier molecular flexibility index (Phi) is 12.8. The molecule has 0 N–H and O–H groups in total. The smallest absolute Gasteiger partial charge is 0.357 e. The quantitative estimate of drug-likeness (QED) is 0.196. The molecule has 2 nitrogen and oxygen atoms in total. The predicted molar refractivity (Wildman–Crippen MR) is 126 cm³/mol.